The van der Waals surface area contributed by atoms with Crippen LogP contribution in [0.5, 0.6) is 0 Å². The van der Waals surface area contributed by atoms with Crippen LogP contribution in [-0.4, -0.2) is 39.3 Å². The fraction of sp³-hybridized carbons (Fsp3) is 0.417. The van der Waals surface area contributed by atoms with Crippen LogP contribution in [0.1, 0.15) is 12.8 Å². The number of aromatic amines is 2. The summed E-state index contributed by atoms with van der Waals surface area (Å²) in [6.45, 7) is 1.76. The van der Waals surface area contributed by atoms with E-state index >= 15 is 0 Å². The van der Waals surface area contributed by atoms with Gasteiger partial charge in [0.25, 0.3) is 0 Å². The van der Waals surface area contributed by atoms with Crippen LogP contribution in [0, 0.1) is 0 Å². The van der Waals surface area contributed by atoms with E-state index in [4.69, 9.17) is 5.73 Å². The third kappa shape index (κ3) is 2.50. The van der Waals surface area contributed by atoms with E-state index in [0.717, 1.165) is 31.5 Å². The lowest BCUT2D eigenvalue weighted by atomic mass is 10.1. The Hall–Kier alpha value is -2.15. The molecule has 0 radical (unpaired) electrons. The standard InChI is InChI=1S/C12H16N6O/c13-9-3-5-18(6-4-9)12-15-11(16-17-12)8-1-2-10(19)14-7-8/h1-2,7,9H,3-6,13H2,(H,14,19)(H,15,16,17). The molecule has 0 atom stereocenters. The van der Waals surface area contributed by atoms with Gasteiger partial charge in [-0.3, -0.25) is 9.89 Å². The van der Waals surface area contributed by atoms with Crippen LogP contribution in [0.15, 0.2) is 23.1 Å². The first-order valence-corrected chi connectivity index (χ1v) is 6.34. The topological polar surface area (TPSA) is 104 Å². The molecule has 0 unspecified atom stereocenters. The van der Waals surface area contributed by atoms with Crippen LogP contribution in [0.3, 0.4) is 0 Å². The number of piperidine rings is 1. The lowest BCUT2D eigenvalue weighted by Gasteiger charge is -2.28. The minimum atomic E-state index is -0.131. The highest BCUT2D eigenvalue weighted by atomic mass is 16.1. The van der Waals surface area contributed by atoms with Gasteiger partial charge in [-0.25, -0.2) is 0 Å². The number of pyridine rings is 1. The van der Waals surface area contributed by atoms with Crippen LogP contribution in [0.25, 0.3) is 11.4 Å². The van der Waals surface area contributed by atoms with Gasteiger partial charge in [0.05, 0.1) is 0 Å². The van der Waals surface area contributed by atoms with Crippen LogP contribution < -0.4 is 16.2 Å². The van der Waals surface area contributed by atoms with Crippen LogP contribution >= 0.6 is 0 Å². The lowest BCUT2D eigenvalue weighted by Crippen LogP contribution is -2.40. The van der Waals surface area contributed by atoms with Gasteiger partial charge >= 0.3 is 0 Å². The molecule has 0 aromatic carbocycles. The second kappa shape index (κ2) is 4.85. The van der Waals surface area contributed by atoms with Crippen molar-refractivity contribution in [2.24, 2.45) is 5.73 Å². The molecule has 0 spiro atoms. The second-order valence-corrected chi connectivity index (χ2v) is 4.75. The zero-order chi connectivity index (χ0) is 13.2. The molecule has 2 aromatic heterocycles. The first-order chi connectivity index (χ1) is 9.22. The predicted octanol–water partition coefficient (Wildman–Crippen LogP) is 0.0875. The van der Waals surface area contributed by atoms with Gasteiger partial charge in [0.2, 0.25) is 11.5 Å². The Kier molecular flexibility index (Phi) is 3.04. The van der Waals surface area contributed by atoms with Crippen molar-refractivity contribution in [3.05, 3.63) is 28.7 Å². The van der Waals surface area contributed by atoms with E-state index in [2.05, 4.69) is 25.1 Å². The van der Waals surface area contributed by atoms with Gasteiger partial charge in [0, 0.05) is 37.0 Å². The summed E-state index contributed by atoms with van der Waals surface area (Å²) in [7, 11) is 0. The number of nitrogens with two attached hydrogens (primary N) is 1. The van der Waals surface area contributed by atoms with Gasteiger partial charge in [0.1, 0.15) is 0 Å². The first-order valence-electron chi connectivity index (χ1n) is 6.34. The highest BCUT2D eigenvalue weighted by molar-refractivity contribution is 5.54. The minimum absolute atomic E-state index is 0.131. The molecule has 1 saturated heterocycles. The third-order valence-corrected chi connectivity index (χ3v) is 3.35. The minimum Gasteiger partial charge on any atom is -0.339 e. The van der Waals surface area contributed by atoms with Gasteiger partial charge < -0.3 is 15.6 Å². The Morgan fingerprint density at radius 1 is 1.32 bits per heavy atom. The molecule has 7 heteroatoms. The van der Waals surface area contributed by atoms with E-state index in [1.54, 1.807) is 12.3 Å². The van der Waals surface area contributed by atoms with E-state index in [-0.39, 0.29) is 11.6 Å². The zero-order valence-electron chi connectivity index (χ0n) is 10.5. The molecule has 4 N–H and O–H groups in total. The van der Waals surface area contributed by atoms with Gasteiger partial charge in [-0.2, -0.15) is 4.98 Å². The molecule has 100 valence electrons. The SMILES string of the molecule is NC1CCN(c2n[nH]c(-c3ccc(=O)[nH]c3)n2)CC1. The maximum absolute atomic E-state index is 11.0. The van der Waals surface area contributed by atoms with Crippen molar-refractivity contribution in [3.8, 4) is 11.4 Å². The molecule has 7 nitrogen and oxygen atoms in total. The molecule has 0 saturated carbocycles. The zero-order valence-corrected chi connectivity index (χ0v) is 10.5. The molecular weight excluding hydrogens is 244 g/mol. The summed E-state index contributed by atoms with van der Waals surface area (Å²) in [5.74, 6) is 1.34. The summed E-state index contributed by atoms with van der Waals surface area (Å²) in [5, 5.41) is 7.11. The van der Waals surface area contributed by atoms with Crippen LogP contribution in [0.2, 0.25) is 0 Å². The summed E-state index contributed by atoms with van der Waals surface area (Å²) >= 11 is 0. The number of rotatable bonds is 2. The third-order valence-electron chi connectivity index (χ3n) is 3.35. The highest BCUT2D eigenvalue weighted by Gasteiger charge is 2.19. The predicted molar refractivity (Wildman–Crippen MR) is 71.9 cm³/mol. The molecule has 1 aliphatic heterocycles. The highest BCUT2D eigenvalue weighted by Crippen LogP contribution is 2.18. The summed E-state index contributed by atoms with van der Waals surface area (Å²) in [6, 6.07) is 3.47. The fourth-order valence-electron chi connectivity index (χ4n) is 2.18. The number of nitrogens with one attached hydrogen (secondary N) is 2. The van der Waals surface area contributed by atoms with E-state index < -0.39 is 0 Å². The van der Waals surface area contributed by atoms with E-state index in [1.807, 2.05) is 0 Å². The maximum Gasteiger partial charge on any atom is 0.247 e. The number of anilines is 1. The van der Waals surface area contributed by atoms with Crippen molar-refractivity contribution < 1.29 is 0 Å². The first kappa shape index (κ1) is 11.9. The molecule has 1 aliphatic rings. The Labute approximate surface area is 109 Å². The fourth-order valence-corrected chi connectivity index (χ4v) is 2.18. The molecule has 1 fully saturated rings. The van der Waals surface area contributed by atoms with Crippen molar-refractivity contribution >= 4 is 5.95 Å². The number of hydrogen-bond donors (Lipinski definition) is 3. The van der Waals surface area contributed by atoms with Crippen molar-refractivity contribution in [1.82, 2.24) is 20.2 Å². The van der Waals surface area contributed by atoms with Crippen LogP contribution in [0.4, 0.5) is 5.95 Å². The van der Waals surface area contributed by atoms with Gasteiger partial charge in [-0.1, -0.05) is 0 Å². The molecule has 0 amide bonds. The summed E-state index contributed by atoms with van der Waals surface area (Å²) in [5.41, 5.74) is 6.56. The molecule has 2 aromatic rings. The molecule has 0 bridgehead atoms. The number of nitrogens with zero attached hydrogens (tertiary/aromatic N) is 3. The Morgan fingerprint density at radius 2 is 2.11 bits per heavy atom. The van der Waals surface area contributed by atoms with E-state index in [1.165, 1.54) is 6.07 Å². The van der Waals surface area contributed by atoms with E-state index in [0.29, 0.717) is 11.8 Å². The molecule has 3 heterocycles. The molecule has 3 rings (SSSR count). The van der Waals surface area contributed by atoms with Gasteiger partial charge in [-0.05, 0) is 18.9 Å². The summed E-state index contributed by atoms with van der Waals surface area (Å²) < 4.78 is 0. The van der Waals surface area contributed by atoms with Gasteiger partial charge in [0.15, 0.2) is 5.82 Å². The Bertz CT molecular complexity index is 590. The maximum atomic E-state index is 11.0. The smallest absolute Gasteiger partial charge is 0.247 e. The monoisotopic (exact) mass is 260 g/mol. The number of hydrogen-bond acceptors (Lipinski definition) is 5. The number of aromatic nitrogens is 4. The van der Waals surface area contributed by atoms with Gasteiger partial charge in [-0.15, -0.1) is 5.10 Å². The normalized spacial score (nSPS) is 16.8. The second-order valence-electron chi connectivity index (χ2n) is 4.75. The lowest BCUT2D eigenvalue weighted by molar-refractivity contribution is 0.496. The van der Waals surface area contributed by atoms with Crippen molar-refractivity contribution in [1.29, 1.82) is 0 Å². The average molecular weight is 260 g/mol. The summed E-state index contributed by atoms with van der Waals surface area (Å²) in [4.78, 5) is 20.2. The quantitative estimate of drug-likeness (QED) is 0.710. The van der Waals surface area contributed by atoms with Crippen molar-refractivity contribution in [2.45, 2.75) is 18.9 Å². The van der Waals surface area contributed by atoms with Crippen LogP contribution in [-0.2, 0) is 0 Å². The van der Waals surface area contributed by atoms with Crippen molar-refractivity contribution in [2.75, 3.05) is 18.0 Å². The molecule has 0 aliphatic carbocycles. The molecular formula is C12H16N6O. The Balaban J connectivity index is 1.79. The summed E-state index contributed by atoms with van der Waals surface area (Å²) in [6.07, 6.45) is 3.55. The van der Waals surface area contributed by atoms with E-state index in [9.17, 15) is 4.79 Å². The molecule has 19 heavy (non-hydrogen) atoms. The van der Waals surface area contributed by atoms with Crippen molar-refractivity contribution in [3.63, 3.8) is 0 Å². The number of H-pyrrole nitrogens is 2. The largest absolute Gasteiger partial charge is 0.339 e. The Morgan fingerprint density at radius 3 is 2.79 bits per heavy atom. The average Bonchev–Trinajstić information content (AvgIpc) is 2.90.